The van der Waals surface area contributed by atoms with Crippen molar-refractivity contribution in [2.24, 2.45) is 0 Å². The zero-order chi connectivity index (χ0) is 15.0. The third-order valence-corrected chi connectivity index (χ3v) is 4.71. The number of piperidine rings is 1. The van der Waals surface area contributed by atoms with Crippen molar-refractivity contribution in [1.82, 2.24) is 9.80 Å². The van der Waals surface area contributed by atoms with Gasteiger partial charge in [0.15, 0.2) is 0 Å². The largest absolute Gasteiger partial charge is 0.322 e. The average molecular weight is 287 g/mol. The van der Waals surface area contributed by atoms with Gasteiger partial charge in [-0.2, -0.15) is 0 Å². The van der Waals surface area contributed by atoms with E-state index in [1.165, 1.54) is 5.56 Å². The molecular formula is C17H25N3O. The van der Waals surface area contributed by atoms with E-state index in [-0.39, 0.29) is 11.6 Å². The van der Waals surface area contributed by atoms with E-state index < -0.39 is 0 Å². The van der Waals surface area contributed by atoms with Gasteiger partial charge >= 0.3 is 6.03 Å². The first kappa shape index (κ1) is 14.4. The molecule has 2 aliphatic heterocycles. The van der Waals surface area contributed by atoms with Crippen molar-refractivity contribution < 1.29 is 4.79 Å². The number of likely N-dealkylation sites (tertiary alicyclic amines) is 1. The van der Waals surface area contributed by atoms with E-state index in [1.807, 2.05) is 23.1 Å². The summed E-state index contributed by atoms with van der Waals surface area (Å²) in [6.45, 7) is 9.66. The first-order valence-corrected chi connectivity index (χ1v) is 7.86. The number of hydrogen-bond acceptors (Lipinski definition) is 2. The Balaban J connectivity index is 1.68. The third-order valence-electron chi connectivity index (χ3n) is 4.71. The normalized spacial score (nSPS) is 21.1. The highest BCUT2D eigenvalue weighted by molar-refractivity contribution is 5.92. The summed E-state index contributed by atoms with van der Waals surface area (Å²) in [6, 6.07) is 8.51. The van der Waals surface area contributed by atoms with E-state index in [0.717, 1.165) is 38.2 Å². The van der Waals surface area contributed by atoms with Crippen LogP contribution < -0.4 is 5.32 Å². The molecule has 21 heavy (non-hydrogen) atoms. The first-order valence-electron chi connectivity index (χ1n) is 7.86. The third kappa shape index (κ3) is 2.91. The summed E-state index contributed by atoms with van der Waals surface area (Å²) in [6.07, 6.45) is 2.12. The lowest BCUT2D eigenvalue weighted by Crippen LogP contribution is -2.53. The highest BCUT2D eigenvalue weighted by Gasteiger charge is 2.33. The molecule has 2 amide bonds. The van der Waals surface area contributed by atoms with Crippen LogP contribution in [-0.4, -0.2) is 40.5 Å². The Kier molecular flexibility index (Phi) is 3.66. The van der Waals surface area contributed by atoms with Crippen molar-refractivity contribution in [1.29, 1.82) is 0 Å². The Hall–Kier alpha value is -1.55. The fourth-order valence-electron chi connectivity index (χ4n) is 3.37. The minimum Gasteiger partial charge on any atom is -0.317 e. The zero-order valence-corrected chi connectivity index (χ0v) is 13.2. The lowest BCUT2D eigenvalue weighted by Gasteiger charge is -2.44. The number of carbonyl (C=O) groups excluding carboxylic acids is 1. The number of carbonyl (C=O) groups is 1. The number of nitrogens with zero attached hydrogens (tertiary/aromatic N) is 2. The number of benzene rings is 1. The number of para-hydroxylation sites is 1. The number of anilines is 1. The highest BCUT2D eigenvalue weighted by atomic mass is 16.2. The molecule has 0 unspecified atom stereocenters. The minimum atomic E-state index is 0.0582. The molecule has 3 rings (SSSR count). The van der Waals surface area contributed by atoms with Gasteiger partial charge in [-0.15, -0.1) is 0 Å². The molecule has 0 radical (unpaired) electrons. The SMILES string of the molecule is CC(C)(C)N1CCC(N2Cc3ccccc3NC2=O)CC1. The van der Waals surface area contributed by atoms with Crippen molar-refractivity contribution in [3.8, 4) is 0 Å². The van der Waals surface area contributed by atoms with Crippen LogP contribution in [0.2, 0.25) is 0 Å². The van der Waals surface area contributed by atoms with E-state index in [4.69, 9.17) is 0 Å². The van der Waals surface area contributed by atoms with Crippen molar-refractivity contribution in [2.75, 3.05) is 18.4 Å². The number of urea groups is 1. The molecule has 2 aliphatic rings. The second-order valence-electron chi connectivity index (χ2n) is 7.10. The molecule has 1 saturated heterocycles. The number of fused-ring (bicyclic) bond motifs is 1. The van der Waals surface area contributed by atoms with Gasteiger partial charge in [-0.3, -0.25) is 4.90 Å². The van der Waals surface area contributed by atoms with Crippen LogP contribution in [0.15, 0.2) is 24.3 Å². The van der Waals surface area contributed by atoms with Crippen molar-refractivity contribution in [3.05, 3.63) is 29.8 Å². The summed E-state index contributed by atoms with van der Waals surface area (Å²) in [5.41, 5.74) is 2.41. The monoisotopic (exact) mass is 287 g/mol. The average Bonchev–Trinajstić information content (AvgIpc) is 2.46. The lowest BCUT2D eigenvalue weighted by molar-refractivity contribution is 0.0667. The Labute approximate surface area is 127 Å². The highest BCUT2D eigenvalue weighted by Crippen LogP contribution is 2.29. The maximum Gasteiger partial charge on any atom is 0.322 e. The van der Waals surface area contributed by atoms with Crippen LogP contribution in [0.3, 0.4) is 0 Å². The summed E-state index contributed by atoms with van der Waals surface area (Å²) in [5.74, 6) is 0. The van der Waals surface area contributed by atoms with E-state index >= 15 is 0 Å². The molecule has 0 atom stereocenters. The van der Waals surface area contributed by atoms with Crippen LogP contribution in [0, 0.1) is 0 Å². The minimum absolute atomic E-state index is 0.0582. The smallest absolute Gasteiger partial charge is 0.317 e. The number of hydrogen-bond donors (Lipinski definition) is 1. The predicted molar refractivity (Wildman–Crippen MR) is 85.4 cm³/mol. The lowest BCUT2D eigenvalue weighted by atomic mass is 9.96. The molecule has 0 aromatic heterocycles. The summed E-state index contributed by atoms with van der Waals surface area (Å²) >= 11 is 0. The molecule has 0 saturated carbocycles. The second kappa shape index (κ2) is 5.34. The summed E-state index contributed by atoms with van der Waals surface area (Å²) < 4.78 is 0. The number of nitrogens with one attached hydrogen (secondary N) is 1. The van der Waals surface area contributed by atoms with Gasteiger partial charge < -0.3 is 10.2 Å². The maximum atomic E-state index is 12.3. The van der Waals surface area contributed by atoms with Crippen molar-refractivity contribution in [3.63, 3.8) is 0 Å². The van der Waals surface area contributed by atoms with Gasteiger partial charge in [0.05, 0.1) is 0 Å². The molecule has 1 fully saturated rings. The van der Waals surface area contributed by atoms with Crippen LogP contribution in [0.4, 0.5) is 10.5 Å². The maximum absolute atomic E-state index is 12.3. The van der Waals surface area contributed by atoms with Crippen LogP contribution in [0.25, 0.3) is 0 Å². The van der Waals surface area contributed by atoms with Crippen molar-refractivity contribution >= 4 is 11.7 Å². The molecule has 0 bridgehead atoms. The Morgan fingerprint density at radius 2 is 1.81 bits per heavy atom. The molecule has 114 valence electrons. The molecule has 0 aliphatic carbocycles. The van der Waals surface area contributed by atoms with E-state index in [9.17, 15) is 4.79 Å². The van der Waals surface area contributed by atoms with Crippen LogP contribution in [-0.2, 0) is 6.54 Å². The Morgan fingerprint density at radius 3 is 2.48 bits per heavy atom. The van der Waals surface area contributed by atoms with Gasteiger partial charge in [0.1, 0.15) is 0 Å². The Bertz CT molecular complexity index is 527. The van der Waals surface area contributed by atoms with Crippen molar-refractivity contribution in [2.45, 2.75) is 51.7 Å². The van der Waals surface area contributed by atoms with Gasteiger partial charge in [-0.1, -0.05) is 18.2 Å². The molecule has 1 N–H and O–H groups in total. The summed E-state index contributed by atoms with van der Waals surface area (Å²) in [7, 11) is 0. The summed E-state index contributed by atoms with van der Waals surface area (Å²) in [5, 5.41) is 3.02. The fraction of sp³-hybridized carbons (Fsp3) is 0.588. The van der Waals surface area contributed by atoms with E-state index in [2.05, 4.69) is 37.1 Å². The van der Waals surface area contributed by atoms with Crippen LogP contribution in [0.5, 0.6) is 0 Å². The van der Waals surface area contributed by atoms with Gasteiger partial charge in [0.25, 0.3) is 0 Å². The fourth-order valence-corrected chi connectivity index (χ4v) is 3.37. The molecule has 1 aromatic carbocycles. The van der Waals surface area contributed by atoms with Crippen LogP contribution >= 0.6 is 0 Å². The molecule has 1 aromatic rings. The van der Waals surface area contributed by atoms with E-state index in [0.29, 0.717) is 6.04 Å². The molecule has 2 heterocycles. The van der Waals surface area contributed by atoms with E-state index in [1.54, 1.807) is 0 Å². The number of amides is 2. The Morgan fingerprint density at radius 1 is 1.14 bits per heavy atom. The van der Waals surface area contributed by atoms with Gasteiger partial charge in [0.2, 0.25) is 0 Å². The standard InChI is InChI=1S/C17H25N3O/c1-17(2,3)19-10-8-14(9-11-19)20-12-13-6-4-5-7-15(13)18-16(20)21/h4-7,14H,8-12H2,1-3H3,(H,18,21). The molecular weight excluding hydrogens is 262 g/mol. The summed E-state index contributed by atoms with van der Waals surface area (Å²) in [4.78, 5) is 16.9. The number of rotatable bonds is 1. The zero-order valence-electron chi connectivity index (χ0n) is 13.2. The molecule has 0 spiro atoms. The van der Waals surface area contributed by atoms with Gasteiger partial charge in [-0.05, 0) is 45.2 Å². The predicted octanol–water partition coefficient (Wildman–Crippen LogP) is 3.30. The topological polar surface area (TPSA) is 35.6 Å². The van der Waals surface area contributed by atoms with Gasteiger partial charge in [0, 0.05) is 36.9 Å². The first-order chi connectivity index (χ1) is 9.95. The second-order valence-corrected chi connectivity index (χ2v) is 7.10. The van der Waals surface area contributed by atoms with Gasteiger partial charge in [-0.25, -0.2) is 4.79 Å². The molecule has 4 nitrogen and oxygen atoms in total. The molecule has 4 heteroatoms. The van der Waals surface area contributed by atoms with Crippen LogP contribution in [0.1, 0.15) is 39.2 Å². The quantitative estimate of drug-likeness (QED) is 0.860.